The Bertz CT molecular complexity index is 796. The van der Waals surface area contributed by atoms with Crippen LogP contribution in [0.2, 0.25) is 5.02 Å². The predicted octanol–water partition coefficient (Wildman–Crippen LogP) is 3.13. The SMILES string of the molecule is Cc1cc(OCCCC(=O)Nc2ccccc2C(=O)NCCN)ccc1Cl. The van der Waals surface area contributed by atoms with Crippen LogP contribution in [0.25, 0.3) is 0 Å². The number of hydrogen-bond acceptors (Lipinski definition) is 4. The lowest BCUT2D eigenvalue weighted by atomic mass is 10.1. The highest BCUT2D eigenvalue weighted by molar-refractivity contribution is 6.31. The summed E-state index contributed by atoms with van der Waals surface area (Å²) >= 11 is 5.98. The molecule has 0 unspecified atom stereocenters. The maximum atomic E-state index is 12.2. The van der Waals surface area contributed by atoms with E-state index in [1.165, 1.54) is 0 Å². The van der Waals surface area contributed by atoms with Crippen molar-refractivity contribution in [1.82, 2.24) is 5.32 Å². The van der Waals surface area contributed by atoms with Crippen molar-refractivity contribution in [1.29, 1.82) is 0 Å². The van der Waals surface area contributed by atoms with Gasteiger partial charge < -0.3 is 21.1 Å². The van der Waals surface area contributed by atoms with E-state index in [4.69, 9.17) is 22.1 Å². The van der Waals surface area contributed by atoms with E-state index in [2.05, 4.69) is 10.6 Å². The molecule has 0 heterocycles. The van der Waals surface area contributed by atoms with Crippen LogP contribution in [0.15, 0.2) is 42.5 Å². The molecule has 0 aliphatic heterocycles. The summed E-state index contributed by atoms with van der Waals surface area (Å²) in [7, 11) is 0. The minimum absolute atomic E-state index is 0.176. The molecule has 0 fully saturated rings. The molecule has 0 aromatic heterocycles. The molecule has 0 spiro atoms. The lowest BCUT2D eigenvalue weighted by Gasteiger charge is -2.11. The van der Waals surface area contributed by atoms with Crippen molar-refractivity contribution in [2.45, 2.75) is 19.8 Å². The van der Waals surface area contributed by atoms with Crippen LogP contribution in [-0.2, 0) is 4.79 Å². The van der Waals surface area contributed by atoms with Crippen LogP contribution in [0.4, 0.5) is 5.69 Å². The van der Waals surface area contributed by atoms with Crippen LogP contribution in [-0.4, -0.2) is 31.5 Å². The molecule has 0 saturated carbocycles. The van der Waals surface area contributed by atoms with Crippen LogP contribution < -0.4 is 21.1 Å². The Morgan fingerprint density at radius 1 is 1.19 bits per heavy atom. The molecule has 4 N–H and O–H groups in total. The molecule has 7 heteroatoms. The average Bonchev–Trinajstić information content (AvgIpc) is 2.66. The summed E-state index contributed by atoms with van der Waals surface area (Å²) in [4.78, 5) is 24.3. The molecule has 2 aromatic rings. The minimum Gasteiger partial charge on any atom is -0.494 e. The Kier molecular flexibility index (Phi) is 8.10. The van der Waals surface area contributed by atoms with E-state index < -0.39 is 0 Å². The monoisotopic (exact) mass is 389 g/mol. The Hall–Kier alpha value is -2.57. The number of benzene rings is 2. The van der Waals surface area contributed by atoms with Gasteiger partial charge in [0.1, 0.15) is 5.75 Å². The second kappa shape index (κ2) is 10.5. The third kappa shape index (κ3) is 6.58. The topological polar surface area (TPSA) is 93.4 Å². The zero-order valence-electron chi connectivity index (χ0n) is 15.3. The fourth-order valence-corrected chi connectivity index (χ4v) is 2.53. The molecule has 0 bridgehead atoms. The number of amides is 2. The first kappa shape index (κ1) is 20.7. The largest absolute Gasteiger partial charge is 0.494 e. The summed E-state index contributed by atoms with van der Waals surface area (Å²) < 4.78 is 5.63. The second-order valence-electron chi connectivity index (χ2n) is 6.00. The van der Waals surface area contributed by atoms with Crippen molar-refractivity contribution in [2.24, 2.45) is 5.73 Å². The van der Waals surface area contributed by atoms with Gasteiger partial charge in [-0.15, -0.1) is 0 Å². The molecule has 0 saturated heterocycles. The number of carbonyl (C=O) groups is 2. The van der Waals surface area contributed by atoms with Crippen LogP contribution >= 0.6 is 11.6 Å². The Labute approximate surface area is 164 Å². The highest BCUT2D eigenvalue weighted by Crippen LogP contribution is 2.21. The number of anilines is 1. The zero-order chi connectivity index (χ0) is 19.6. The van der Waals surface area contributed by atoms with Gasteiger partial charge in [-0.25, -0.2) is 0 Å². The van der Waals surface area contributed by atoms with Crippen LogP contribution in [0, 0.1) is 6.92 Å². The Balaban J connectivity index is 1.82. The molecule has 144 valence electrons. The van der Waals surface area contributed by atoms with Crippen molar-refractivity contribution in [3.8, 4) is 5.75 Å². The summed E-state index contributed by atoms with van der Waals surface area (Å²) in [6, 6.07) is 12.3. The maximum absolute atomic E-state index is 12.2. The van der Waals surface area contributed by atoms with Crippen LogP contribution in [0.3, 0.4) is 0 Å². The van der Waals surface area contributed by atoms with Gasteiger partial charge in [0.15, 0.2) is 0 Å². The van der Waals surface area contributed by atoms with Crippen molar-refractivity contribution in [3.63, 3.8) is 0 Å². The van der Waals surface area contributed by atoms with Gasteiger partial charge in [-0.05, 0) is 49.2 Å². The first-order valence-corrected chi connectivity index (χ1v) is 9.15. The van der Waals surface area contributed by atoms with Gasteiger partial charge >= 0.3 is 0 Å². The number of aryl methyl sites for hydroxylation is 1. The van der Waals surface area contributed by atoms with Gasteiger partial charge in [-0.3, -0.25) is 9.59 Å². The molecule has 0 radical (unpaired) electrons. The normalized spacial score (nSPS) is 10.3. The Morgan fingerprint density at radius 3 is 2.70 bits per heavy atom. The van der Waals surface area contributed by atoms with Gasteiger partial charge in [-0.2, -0.15) is 0 Å². The van der Waals surface area contributed by atoms with E-state index in [1.54, 1.807) is 36.4 Å². The van der Waals surface area contributed by atoms with Gasteiger partial charge in [0, 0.05) is 24.5 Å². The molecular weight excluding hydrogens is 366 g/mol. The standard InChI is InChI=1S/C20H24ClN3O3/c1-14-13-15(8-9-17(14)21)27-12-4-7-19(25)24-18-6-3-2-5-16(18)20(26)23-11-10-22/h2-3,5-6,8-9,13H,4,7,10-12,22H2,1H3,(H,23,26)(H,24,25). The highest BCUT2D eigenvalue weighted by atomic mass is 35.5. The first-order chi connectivity index (χ1) is 13.0. The molecule has 27 heavy (non-hydrogen) atoms. The fraction of sp³-hybridized carbons (Fsp3) is 0.300. The number of halogens is 1. The quantitative estimate of drug-likeness (QED) is 0.574. The molecule has 0 aliphatic rings. The fourth-order valence-electron chi connectivity index (χ4n) is 2.41. The van der Waals surface area contributed by atoms with Gasteiger partial charge in [0.05, 0.1) is 17.9 Å². The van der Waals surface area contributed by atoms with Crippen molar-refractivity contribution in [2.75, 3.05) is 25.0 Å². The van der Waals surface area contributed by atoms with E-state index >= 15 is 0 Å². The van der Waals surface area contributed by atoms with Gasteiger partial charge in [0.25, 0.3) is 5.91 Å². The minimum atomic E-state index is -0.266. The van der Waals surface area contributed by atoms with E-state index in [0.717, 1.165) is 11.3 Å². The summed E-state index contributed by atoms with van der Waals surface area (Å²) in [5.74, 6) is 0.280. The number of hydrogen-bond donors (Lipinski definition) is 3. The lowest BCUT2D eigenvalue weighted by molar-refractivity contribution is -0.116. The molecule has 6 nitrogen and oxygen atoms in total. The van der Waals surface area contributed by atoms with Crippen LogP contribution in [0.5, 0.6) is 5.75 Å². The molecule has 0 atom stereocenters. The van der Waals surface area contributed by atoms with E-state index in [1.807, 2.05) is 13.0 Å². The van der Waals surface area contributed by atoms with Gasteiger partial charge in [-0.1, -0.05) is 23.7 Å². The molecule has 2 rings (SSSR count). The summed E-state index contributed by atoms with van der Waals surface area (Å²) in [6.45, 7) is 3.05. The maximum Gasteiger partial charge on any atom is 0.253 e. The number of rotatable bonds is 9. The molecule has 2 amide bonds. The number of carbonyl (C=O) groups excluding carboxylic acids is 2. The second-order valence-corrected chi connectivity index (χ2v) is 6.41. The predicted molar refractivity (Wildman–Crippen MR) is 107 cm³/mol. The van der Waals surface area contributed by atoms with E-state index in [-0.39, 0.29) is 18.2 Å². The third-order valence-electron chi connectivity index (χ3n) is 3.82. The van der Waals surface area contributed by atoms with Crippen molar-refractivity contribution < 1.29 is 14.3 Å². The Morgan fingerprint density at radius 2 is 1.96 bits per heavy atom. The molecule has 0 aliphatic carbocycles. The number of nitrogens with two attached hydrogens (primary N) is 1. The van der Waals surface area contributed by atoms with Crippen LogP contribution in [0.1, 0.15) is 28.8 Å². The molecular formula is C20H24ClN3O3. The van der Waals surface area contributed by atoms with Crippen molar-refractivity contribution in [3.05, 3.63) is 58.6 Å². The van der Waals surface area contributed by atoms with E-state index in [0.29, 0.717) is 42.4 Å². The smallest absolute Gasteiger partial charge is 0.253 e. The summed E-state index contributed by atoms with van der Waals surface area (Å²) in [5.41, 5.74) is 7.23. The summed E-state index contributed by atoms with van der Waals surface area (Å²) in [5, 5.41) is 6.17. The number of nitrogens with one attached hydrogen (secondary N) is 2. The lowest BCUT2D eigenvalue weighted by Crippen LogP contribution is -2.30. The van der Waals surface area contributed by atoms with E-state index in [9.17, 15) is 9.59 Å². The highest BCUT2D eigenvalue weighted by Gasteiger charge is 2.12. The molecule has 2 aromatic carbocycles. The number of para-hydroxylation sites is 1. The average molecular weight is 390 g/mol. The third-order valence-corrected chi connectivity index (χ3v) is 4.25. The van der Waals surface area contributed by atoms with Gasteiger partial charge in [0.2, 0.25) is 5.91 Å². The summed E-state index contributed by atoms with van der Waals surface area (Å²) in [6.07, 6.45) is 0.834. The zero-order valence-corrected chi connectivity index (χ0v) is 16.0. The first-order valence-electron chi connectivity index (χ1n) is 8.77. The number of ether oxygens (including phenoxy) is 1. The van der Waals surface area contributed by atoms with Crippen molar-refractivity contribution >= 4 is 29.1 Å².